The molecule has 0 radical (unpaired) electrons. The van der Waals surface area contributed by atoms with Crippen molar-refractivity contribution in [1.29, 1.82) is 0 Å². The lowest BCUT2D eigenvalue weighted by Crippen LogP contribution is -2.27. The summed E-state index contributed by atoms with van der Waals surface area (Å²) in [6.07, 6.45) is 0.876. The van der Waals surface area contributed by atoms with Crippen LogP contribution in [0.1, 0.15) is 25.8 Å². The van der Waals surface area contributed by atoms with E-state index in [1.807, 2.05) is 42.5 Å². The molecule has 0 aromatic heterocycles. The molecule has 0 spiro atoms. The number of ether oxygens (including phenoxy) is 3. The van der Waals surface area contributed by atoms with Crippen molar-refractivity contribution in [1.82, 2.24) is 4.90 Å². The second-order valence-corrected chi connectivity index (χ2v) is 7.06. The molecule has 2 aromatic carbocycles. The average Bonchev–Trinajstić information content (AvgIpc) is 3.01. The number of halogens is 1. The van der Waals surface area contributed by atoms with Gasteiger partial charge in [-0.1, -0.05) is 26.0 Å². The van der Waals surface area contributed by atoms with Crippen LogP contribution in [0.2, 0.25) is 0 Å². The minimum absolute atomic E-state index is 0. The lowest BCUT2D eigenvalue weighted by Gasteiger charge is -2.18. The molecule has 1 aliphatic heterocycles. The molecular weight excluding hydrogens is 507 g/mol. The fourth-order valence-electron chi connectivity index (χ4n) is 3.13. The molecule has 0 saturated carbocycles. The molecule has 0 atom stereocenters. The maximum Gasteiger partial charge on any atom is 0.193 e. The maximum absolute atomic E-state index is 6.05. The molecule has 0 aliphatic carbocycles. The molecule has 0 unspecified atom stereocenters. The van der Waals surface area contributed by atoms with Crippen LogP contribution >= 0.6 is 24.0 Å². The highest BCUT2D eigenvalue weighted by atomic mass is 127. The van der Waals surface area contributed by atoms with Crippen LogP contribution in [0, 0.1) is 0 Å². The highest BCUT2D eigenvalue weighted by Crippen LogP contribution is 2.32. The molecule has 1 heterocycles. The van der Waals surface area contributed by atoms with Gasteiger partial charge in [0.2, 0.25) is 0 Å². The predicted molar refractivity (Wildman–Crippen MR) is 136 cm³/mol. The molecule has 1 aliphatic rings. The third kappa shape index (κ3) is 8.10. The summed E-state index contributed by atoms with van der Waals surface area (Å²) >= 11 is 0. The summed E-state index contributed by atoms with van der Waals surface area (Å²) in [5.74, 6) is 2.70. The van der Waals surface area contributed by atoms with Crippen molar-refractivity contribution in [2.75, 3.05) is 44.8 Å². The summed E-state index contributed by atoms with van der Waals surface area (Å²) in [7, 11) is 0. The van der Waals surface area contributed by atoms with E-state index in [0.717, 1.165) is 54.6 Å². The van der Waals surface area contributed by atoms with Gasteiger partial charge in [0.15, 0.2) is 17.5 Å². The molecular formula is C23H33IN4O3. The summed E-state index contributed by atoms with van der Waals surface area (Å²) in [6.45, 7) is 9.83. The zero-order valence-electron chi connectivity index (χ0n) is 18.3. The number of nitrogens with one attached hydrogen (secondary N) is 1. The van der Waals surface area contributed by atoms with Crippen molar-refractivity contribution >= 4 is 35.6 Å². The van der Waals surface area contributed by atoms with Crippen molar-refractivity contribution in [3.8, 4) is 17.2 Å². The van der Waals surface area contributed by atoms with Crippen LogP contribution in [-0.4, -0.2) is 50.3 Å². The summed E-state index contributed by atoms with van der Waals surface area (Å²) in [4.78, 5) is 6.76. The van der Waals surface area contributed by atoms with Gasteiger partial charge in [-0.3, -0.25) is 0 Å². The third-order valence-corrected chi connectivity index (χ3v) is 4.95. The zero-order valence-corrected chi connectivity index (χ0v) is 20.6. The molecule has 8 heteroatoms. The van der Waals surface area contributed by atoms with Crippen LogP contribution in [0.5, 0.6) is 17.2 Å². The van der Waals surface area contributed by atoms with Gasteiger partial charge in [-0.05, 0) is 42.9 Å². The molecule has 2 aromatic rings. The molecule has 3 N–H and O–H groups in total. The number of anilines is 1. The van der Waals surface area contributed by atoms with Crippen molar-refractivity contribution in [2.45, 2.75) is 26.8 Å². The van der Waals surface area contributed by atoms with Crippen LogP contribution in [-0.2, 0) is 6.54 Å². The highest BCUT2D eigenvalue weighted by Gasteiger charge is 2.10. The number of rotatable bonds is 9. The van der Waals surface area contributed by atoms with Gasteiger partial charge in [0, 0.05) is 24.7 Å². The van der Waals surface area contributed by atoms with Gasteiger partial charge in [0.05, 0.1) is 19.8 Å². The molecule has 31 heavy (non-hydrogen) atoms. The fraction of sp³-hybridized carbons (Fsp3) is 0.435. The largest absolute Gasteiger partial charge is 0.492 e. The smallest absolute Gasteiger partial charge is 0.193 e. The van der Waals surface area contributed by atoms with Crippen LogP contribution in [0.25, 0.3) is 0 Å². The van der Waals surface area contributed by atoms with Gasteiger partial charge >= 0.3 is 0 Å². The standard InChI is InChI=1S/C23H32N4O3.HI/c1-3-27(4-2)12-15-28-20-9-6-18(7-10-20)17-25-23(24)26-19-8-11-21-22(16-19)30-14-5-13-29-21;/h6-11,16H,3-5,12-15,17H2,1-2H3,(H3,24,25,26);1H. The van der Waals surface area contributed by atoms with E-state index in [4.69, 9.17) is 19.9 Å². The first-order valence-corrected chi connectivity index (χ1v) is 10.6. The Bertz CT molecular complexity index is 826. The summed E-state index contributed by atoms with van der Waals surface area (Å²) in [5, 5.41) is 3.11. The Labute approximate surface area is 202 Å². The van der Waals surface area contributed by atoms with Gasteiger partial charge in [-0.15, -0.1) is 24.0 Å². The lowest BCUT2D eigenvalue weighted by molar-refractivity contribution is 0.223. The van der Waals surface area contributed by atoms with Crippen molar-refractivity contribution in [2.24, 2.45) is 10.7 Å². The van der Waals surface area contributed by atoms with Gasteiger partial charge < -0.3 is 30.2 Å². The molecule has 7 nitrogen and oxygen atoms in total. The van der Waals surface area contributed by atoms with Crippen molar-refractivity contribution in [3.63, 3.8) is 0 Å². The third-order valence-electron chi connectivity index (χ3n) is 4.95. The van der Waals surface area contributed by atoms with E-state index in [1.54, 1.807) is 0 Å². The van der Waals surface area contributed by atoms with E-state index < -0.39 is 0 Å². The lowest BCUT2D eigenvalue weighted by atomic mass is 10.2. The minimum atomic E-state index is 0. The normalized spacial score (nSPS) is 13.3. The monoisotopic (exact) mass is 540 g/mol. The topological polar surface area (TPSA) is 81.3 Å². The number of benzene rings is 2. The van der Waals surface area contributed by atoms with Gasteiger partial charge in [-0.2, -0.15) is 0 Å². The van der Waals surface area contributed by atoms with E-state index in [1.165, 1.54) is 0 Å². The Kier molecular flexibility index (Phi) is 10.7. The Morgan fingerprint density at radius 1 is 1.06 bits per heavy atom. The number of hydrogen-bond acceptors (Lipinski definition) is 5. The van der Waals surface area contributed by atoms with E-state index in [2.05, 4.69) is 29.1 Å². The second-order valence-electron chi connectivity index (χ2n) is 7.06. The zero-order chi connectivity index (χ0) is 21.2. The highest BCUT2D eigenvalue weighted by molar-refractivity contribution is 14.0. The second kappa shape index (κ2) is 13.3. The van der Waals surface area contributed by atoms with Crippen LogP contribution < -0.4 is 25.3 Å². The van der Waals surface area contributed by atoms with E-state index >= 15 is 0 Å². The van der Waals surface area contributed by atoms with Gasteiger partial charge in [0.25, 0.3) is 0 Å². The van der Waals surface area contributed by atoms with Crippen molar-refractivity contribution in [3.05, 3.63) is 48.0 Å². The molecule has 0 saturated heterocycles. The fourth-order valence-corrected chi connectivity index (χ4v) is 3.13. The molecule has 0 fully saturated rings. The summed E-state index contributed by atoms with van der Waals surface area (Å²) < 4.78 is 17.2. The van der Waals surface area contributed by atoms with Crippen LogP contribution in [0.3, 0.4) is 0 Å². The first-order valence-electron chi connectivity index (χ1n) is 10.6. The number of nitrogens with zero attached hydrogens (tertiary/aromatic N) is 2. The van der Waals surface area contributed by atoms with E-state index in [-0.39, 0.29) is 24.0 Å². The minimum Gasteiger partial charge on any atom is -0.492 e. The maximum atomic E-state index is 6.05. The van der Waals surface area contributed by atoms with Crippen molar-refractivity contribution < 1.29 is 14.2 Å². The molecule has 0 bridgehead atoms. The quantitative estimate of drug-likeness (QED) is 0.283. The number of nitrogens with two attached hydrogens (primary N) is 1. The van der Waals surface area contributed by atoms with Gasteiger partial charge in [0.1, 0.15) is 12.4 Å². The number of guanidine groups is 1. The van der Waals surface area contributed by atoms with Crippen LogP contribution in [0.4, 0.5) is 5.69 Å². The predicted octanol–water partition coefficient (Wildman–Crippen LogP) is 4.11. The number of fused-ring (bicyclic) bond motifs is 1. The molecule has 170 valence electrons. The first-order chi connectivity index (χ1) is 14.7. The van der Waals surface area contributed by atoms with E-state index in [9.17, 15) is 0 Å². The molecule has 0 amide bonds. The average molecular weight is 540 g/mol. The number of likely N-dealkylation sites (N-methyl/N-ethyl adjacent to an activating group) is 1. The summed E-state index contributed by atoms with van der Waals surface area (Å²) in [5.41, 5.74) is 7.93. The Morgan fingerprint density at radius 2 is 1.77 bits per heavy atom. The Balaban J connectivity index is 0.00000341. The van der Waals surface area contributed by atoms with Crippen LogP contribution in [0.15, 0.2) is 47.5 Å². The summed E-state index contributed by atoms with van der Waals surface area (Å²) in [6, 6.07) is 13.6. The molecule has 3 rings (SSSR count). The first kappa shape index (κ1) is 25.1. The van der Waals surface area contributed by atoms with Gasteiger partial charge in [-0.25, -0.2) is 4.99 Å². The number of aliphatic imine (C=N–C) groups is 1. The van der Waals surface area contributed by atoms with E-state index in [0.29, 0.717) is 32.3 Å². The Hall–Kier alpha value is -2.20. The Morgan fingerprint density at radius 3 is 2.48 bits per heavy atom. The SMILES string of the molecule is CCN(CC)CCOc1ccc(CN=C(N)Nc2ccc3c(c2)OCCCO3)cc1.I. The number of hydrogen-bond donors (Lipinski definition) is 2.